The summed E-state index contributed by atoms with van der Waals surface area (Å²) in [7, 11) is 0. The molecule has 0 unspecified atom stereocenters. The molecule has 0 bridgehead atoms. The van der Waals surface area contributed by atoms with Crippen LogP contribution in [0.25, 0.3) is 0 Å². The highest BCUT2D eigenvalue weighted by Crippen LogP contribution is 2.27. The van der Waals surface area contributed by atoms with E-state index >= 15 is 0 Å². The Bertz CT molecular complexity index is 653. The van der Waals surface area contributed by atoms with Crippen molar-refractivity contribution in [2.24, 2.45) is 5.73 Å². The van der Waals surface area contributed by atoms with Crippen molar-refractivity contribution in [2.45, 2.75) is 33.2 Å². The molecule has 0 saturated carbocycles. The number of amides is 1. The highest BCUT2D eigenvalue weighted by molar-refractivity contribution is 5.97. The predicted octanol–water partition coefficient (Wildman–Crippen LogP) is 3.17. The molecule has 2 aromatic rings. The van der Waals surface area contributed by atoms with E-state index < -0.39 is 5.54 Å². The molecule has 5 heteroatoms. The Kier molecular flexibility index (Phi) is 4.47. The number of anilines is 1. The van der Waals surface area contributed by atoms with Gasteiger partial charge in [-0.1, -0.05) is 18.2 Å². The molecular weight excluding hydrogens is 278 g/mol. The van der Waals surface area contributed by atoms with Crippen LogP contribution in [0, 0.1) is 13.8 Å². The number of rotatable bonds is 4. The molecule has 0 spiro atoms. The van der Waals surface area contributed by atoms with E-state index in [4.69, 9.17) is 10.5 Å². The van der Waals surface area contributed by atoms with E-state index in [0.29, 0.717) is 11.6 Å². The summed E-state index contributed by atoms with van der Waals surface area (Å²) in [6.45, 7) is 7.27. The standard InChI is InChI=1S/C17H21N3O2/c1-11-6-5-7-12(2)15(11)22-14-9-8-13(10-19-14)20-16(21)17(3,4)18/h5-10H,18H2,1-4H3,(H,20,21). The molecule has 1 amide bonds. The predicted molar refractivity (Wildman–Crippen MR) is 87.1 cm³/mol. The lowest BCUT2D eigenvalue weighted by atomic mass is 10.1. The molecule has 1 aromatic heterocycles. The Morgan fingerprint density at radius 1 is 1.18 bits per heavy atom. The summed E-state index contributed by atoms with van der Waals surface area (Å²) in [6.07, 6.45) is 1.55. The van der Waals surface area contributed by atoms with Crippen molar-refractivity contribution in [3.63, 3.8) is 0 Å². The first kappa shape index (κ1) is 16.0. The van der Waals surface area contributed by atoms with Crippen LogP contribution in [-0.2, 0) is 4.79 Å². The second-order valence-electron chi connectivity index (χ2n) is 5.88. The number of nitrogens with two attached hydrogens (primary N) is 1. The normalized spacial score (nSPS) is 11.1. The summed E-state index contributed by atoms with van der Waals surface area (Å²) in [5.74, 6) is 1.01. The fourth-order valence-corrected chi connectivity index (χ4v) is 1.87. The van der Waals surface area contributed by atoms with Gasteiger partial charge < -0.3 is 15.8 Å². The molecule has 2 rings (SSSR count). The molecule has 0 fully saturated rings. The van der Waals surface area contributed by atoms with Gasteiger partial charge in [0.1, 0.15) is 5.75 Å². The number of hydrogen-bond acceptors (Lipinski definition) is 4. The monoisotopic (exact) mass is 299 g/mol. The fraction of sp³-hybridized carbons (Fsp3) is 0.294. The maximum Gasteiger partial charge on any atom is 0.243 e. The zero-order valence-corrected chi connectivity index (χ0v) is 13.3. The summed E-state index contributed by atoms with van der Waals surface area (Å²) in [5, 5.41) is 2.71. The van der Waals surface area contributed by atoms with Crippen molar-refractivity contribution >= 4 is 11.6 Å². The first-order valence-electron chi connectivity index (χ1n) is 7.08. The van der Waals surface area contributed by atoms with Crippen LogP contribution in [0.2, 0.25) is 0 Å². The van der Waals surface area contributed by atoms with Gasteiger partial charge in [0, 0.05) is 6.07 Å². The summed E-state index contributed by atoms with van der Waals surface area (Å²) >= 11 is 0. The highest BCUT2D eigenvalue weighted by Gasteiger charge is 2.21. The van der Waals surface area contributed by atoms with Gasteiger partial charge in [0.25, 0.3) is 0 Å². The number of aromatic nitrogens is 1. The second kappa shape index (κ2) is 6.15. The molecule has 0 aliphatic carbocycles. The van der Waals surface area contributed by atoms with Gasteiger partial charge in [-0.05, 0) is 44.9 Å². The Morgan fingerprint density at radius 3 is 2.32 bits per heavy atom. The molecule has 0 saturated heterocycles. The number of carbonyl (C=O) groups excluding carboxylic acids is 1. The van der Waals surface area contributed by atoms with Crippen LogP contribution in [0.3, 0.4) is 0 Å². The van der Waals surface area contributed by atoms with E-state index in [1.807, 2.05) is 32.0 Å². The Labute approximate surface area is 130 Å². The van der Waals surface area contributed by atoms with Crippen molar-refractivity contribution in [1.29, 1.82) is 0 Å². The second-order valence-corrected chi connectivity index (χ2v) is 5.88. The SMILES string of the molecule is Cc1cccc(C)c1Oc1ccc(NC(=O)C(C)(C)N)cn1. The van der Waals surface area contributed by atoms with Crippen LogP contribution in [-0.4, -0.2) is 16.4 Å². The molecule has 0 aliphatic rings. The fourth-order valence-electron chi connectivity index (χ4n) is 1.87. The molecule has 116 valence electrons. The van der Waals surface area contributed by atoms with Crippen LogP contribution in [0.5, 0.6) is 11.6 Å². The van der Waals surface area contributed by atoms with E-state index in [-0.39, 0.29) is 5.91 Å². The number of nitrogens with one attached hydrogen (secondary N) is 1. The first-order chi connectivity index (χ1) is 10.3. The molecule has 1 heterocycles. The maximum absolute atomic E-state index is 11.8. The van der Waals surface area contributed by atoms with E-state index in [1.165, 1.54) is 0 Å². The third kappa shape index (κ3) is 3.83. The summed E-state index contributed by atoms with van der Waals surface area (Å²) in [6, 6.07) is 9.41. The summed E-state index contributed by atoms with van der Waals surface area (Å²) in [4.78, 5) is 16.0. The third-order valence-electron chi connectivity index (χ3n) is 3.19. The van der Waals surface area contributed by atoms with E-state index in [0.717, 1.165) is 16.9 Å². The molecule has 22 heavy (non-hydrogen) atoms. The van der Waals surface area contributed by atoms with Crippen LogP contribution >= 0.6 is 0 Å². The quantitative estimate of drug-likeness (QED) is 0.909. The first-order valence-corrected chi connectivity index (χ1v) is 7.08. The van der Waals surface area contributed by atoms with E-state index in [1.54, 1.807) is 32.2 Å². The number of para-hydroxylation sites is 1. The lowest BCUT2D eigenvalue weighted by Crippen LogP contribution is -2.45. The number of nitrogens with zero attached hydrogens (tertiary/aromatic N) is 1. The van der Waals surface area contributed by atoms with Crippen molar-refractivity contribution in [2.75, 3.05) is 5.32 Å². The van der Waals surface area contributed by atoms with E-state index in [2.05, 4.69) is 10.3 Å². The van der Waals surface area contributed by atoms with Crippen molar-refractivity contribution in [3.05, 3.63) is 47.7 Å². The van der Waals surface area contributed by atoms with Gasteiger partial charge in [0.2, 0.25) is 11.8 Å². The van der Waals surface area contributed by atoms with Crippen molar-refractivity contribution in [3.8, 4) is 11.6 Å². The number of hydrogen-bond donors (Lipinski definition) is 2. The van der Waals surface area contributed by atoms with Gasteiger partial charge in [0.15, 0.2) is 0 Å². The summed E-state index contributed by atoms with van der Waals surface area (Å²) in [5.41, 5.74) is 7.47. The van der Waals surface area contributed by atoms with Crippen LogP contribution in [0.4, 0.5) is 5.69 Å². The van der Waals surface area contributed by atoms with Gasteiger partial charge in [-0.15, -0.1) is 0 Å². The van der Waals surface area contributed by atoms with Crippen molar-refractivity contribution in [1.82, 2.24) is 4.98 Å². The smallest absolute Gasteiger partial charge is 0.243 e. The van der Waals surface area contributed by atoms with Gasteiger partial charge in [-0.3, -0.25) is 4.79 Å². The number of carbonyl (C=O) groups is 1. The van der Waals surface area contributed by atoms with Gasteiger partial charge in [-0.25, -0.2) is 4.98 Å². The minimum atomic E-state index is -0.937. The number of ether oxygens (including phenoxy) is 1. The zero-order chi connectivity index (χ0) is 16.3. The highest BCUT2D eigenvalue weighted by atomic mass is 16.5. The molecule has 5 nitrogen and oxygen atoms in total. The topological polar surface area (TPSA) is 77.2 Å². The zero-order valence-electron chi connectivity index (χ0n) is 13.3. The van der Waals surface area contributed by atoms with Crippen molar-refractivity contribution < 1.29 is 9.53 Å². The van der Waals surface area contributed by atoms with Gasteiger partial charge >= 0.3 is 0 Å². The third-order valence-corrected chi connectivity index (χ3v) is 3.19. The van der Waals surface area contributed by atoms with Crippen LogP contribution in [0.15, 0.2) is 36.5 Å². The minimum absolute atomic E-state index is 0.266. The number of benzene rings is 1. The lowest BCUT2D eigenvalue weighted by Gasteiger charge is -2.17. The average molecular weight is 299 g/mol. The largest absolute Gasteiger partial charge is 0.438 e. The molecular formula is C17H21N3O2. The summed E-state index contributed by atoms with van der Waals surface area (Å²) < 4.78 is 5.82. The van der Waals surface area contributed by atoms with Gasteiger partial charge in [-0.2, -0.15) is 0 Å². The lowest BCUT2D eigenvalue weighted by molar-refractivity contribution is -0.120. The molecule has 1 aromatic carbocycles. The minimum Gasteiger partial charge on any atom is -0.438 e. The molecule has 0 aliphatic heterocycles. The Balaban J connectivity index is 2.11. The molecule has 0 radical (unpaired) electrons. The van der Waals surface area contributed by atoms with Gasteiger partial charge in [0.05, 0.1) is 17.4 Å². The molecule has 0 atom stereocenters. The maximum atomic E-state index is 11.8. The Hall–Kier alpha value is -2.40. The number of pyridine rings is 1. The van der Waals surface area contributed by atoms with Crippen LogP contribution in [0.1, 0.15) is 25.0 Å². The Morgan fingerprint density at radius 2 is 1.82 bits per heavy atom. The average Bonchev–Trinajstić information content (AvgIpc) is 2.44. The number of aryl methyl sites for hydroxylation is 2. The van der Waals surface area contributed by atoms with E-state index in [9.17, 15) is 4.79 Å². The van der Waals surface area contributed by atoms with Crippen LogP contribution < -0.4 is 15.8 Å². The molecule has 3 N–H and O–H groups in total.